The van der Waals surface area contributed by atoms with Crippen LogP contribution in [0.15, 0.2) is 5.38 Å². The Balaban J connectivity index is 1.74. The molecule has 18 heavy (non-hydrogen) atoms. The third kappa shape index (κ3) is 2.43. The number of nitrogens with one attached hydrogen (secondary N) is 1. The Kier molecular flexibility index (Phi) is 3.89. The summed E-state index contributed by atoms with van der Waals surface area (Å²) in [6.45, 7) is 0.890. The van der Waals surface area contributed by atoms with Crippen molar-refractivity contribution in [2.45, 2.75) is 30.9 Å². The van der Waals surface area contributed by atoms with Crippen LogP contribution in [-0.2, 0) is 4.74 Å². The van der Waals surface area contributed by atoms with E-state index < -0.39 is 0 Å². The molecule has 2 aliphatic rings. The van der Waals surface area contributed by atoms with Crippen molar-refractivity contribution in [3.8, 4) is 0 Å². The van der Waals surface area contributed by atoms with Crippen LogP contribution in [0.1, 0.15) is 31.0 Å². The second-order valence-corrected chi connectivity index (χ2v) is 6.90. The van der Waals surface area contributed by atoms with Crippen LogP contribution in [0.5, 0.6) is 0 Å². The van der Waals surface area contributed by atoms with E-state index >= 15 is 0 Å². The van der Waals surface area contributed by atoms with E-state index in [0.29, 0.717) is 12.0 Å². The number of ether oxygens (including phenoxy) is 1. The number of thioether (sulfide) groups is 1. The van der Waals surface area contributed by atoms with E-state index in [1.54, 1.807) is 0 Å². The Bertz CT molecular complexity index is 379. The first-order valence-electron chi connectivity index (χ1n) is 6.49. The minimum atomic E-state index is 0.145. The molecule has 1 aromatic heterocycles. The molecular formula is C12H19N3OS2. The molecule has 3 rings (SSSR count). The summed E-state index contributed by atoms with van der Waals surface area (Å²) in [7, 11) is 2.02. The van der Waals surface area contributed by atoms with Crippen molar-refractivity contribution in [2.75, 3.05) is 25.2 Å². The molecule has 3 atom stereocenters. The lowest BCUT2D eigenvalue weighted by Gasteiger charge is -2.40. The van der Waals surface area contributed by atoms with E-state index in [4.69, 9.17) is 4.74 Å². The molecule has 1 aromatic rings. The van der Waals surface area contributed by atoms with Crippen LogP contribution >= 0.6 is 23.3 Å². The van der Waals surface area contributed by atoms with E-state index in [9.17, 15) is 0 Å². The highest BCUT2D eigenvalue weighted by atomic mass is 32.2. The van der Waals surface area contributed by atoms with Crippen molar-refractivity contribution in [3.05, 3.63) is 11.1 Å². The Morgan fingerprint density at radius 3 is 3.22 bits per heavy atom. The van der Waals surface area contributed by atoms with Gasteiger partial charge in [-0.15, -0.1) is 5.10 Å². The molecule has 1 N–H and O–H groups in total. The zero-order chi connectivity index (χ0) is 12.4. The van der Waals surface area contributed by atoms with E-state index in [1.165, 1.54) is 23.7 Å². The maximum absolute atomic E-state index is 6.09. The second kappa shape index (κ2) is 5.45. The van der Waals surface area contributed by atoms with Crippen molar-refractivity contribution in [2.24, 2.45) is 5.92 Å². The summed E-state index contributed by atoms with van der Waals surface area (Å²) >= 11 is 3.46. The minimum Gasteiger partial charge on any atom is -0.374 e. The molecule has 0 aliphatic carbocycles. The van der Waals surface area contributed by atoms with Gasteiger partial charge in [0.25, 0.3) is 0 Å². The Morgan fingerprint density at radius 1 is 1.61 bits per heavy atom. The highest BCUT2D eigenvalue weighted by Crippen LogP contribution is 2.43. The zero-order valence-corrected chi connectivity index (χ0v) is 12.2. The average molecular weight is 285 g/mol. The third-order valence-corrected chi connectivity index (χ3v) is 5.82. The number of hydrogen-bond donors (Lipinski definition) is 1. The molecule has 0 aromatic carbocycles. The van der Waals surface area contributed by atoms with Crippen molar-refractivity contribution < 1.29 is 4.74 Å². The van der Waals surface area contributed by atoms with Crippen LogP contribution in [0.4, 0.5) is 0 Å². The predicted molar refractivity (Wildman–Crippen MR) is 75.1 cm³/mol. The molecule has 0 saturated carbocycles. The van der Waals surface area contributed by atoms with E-state index in [2.05, 4.69) is 20.3 Å². The lowest BCUT2D eigenvalue weighted by molar-refractivity contribution is -0.0852. The summed E-state index contributed by atoms with van der Waals surface area (Å²) in [4.78, 5) is 0. The van der Waals surface area contributed by atoms with Gasteiger partial charge in [0.1, 0.15) is 0 Å². The van der Waals surface area contributed by atoms with Gasteiger partial charge in [0.2, 0.25) is 0 Å². The van der Waals surface area contributed by atoms with Gasteiger partial charge in [-0.3, -0.25) is 0 Å². The number of rotatable bonds is 3. The molecule has 0 bridgehead atoms. The quantitative estimate of drug-likeness (QED) is 0.921. The third-order valence-electron chi connectivity index (χ3n) is 4.08. The number of hydrogen-bond acceptors (Lipinski definition) is 6. The molecule has 1 spiro atoms. The van der Waals surface area contributed by atoms with Crippen molar-refractivity contribution >= 4 is 23.3 Å². The summed E-state index contributed by atoms with van der Waals surface area (Å²) in [6.07, 6.45) is 3.48. The molecule has 4 nitrogen and oxygen atoms in total. The van der Waals surface area contributed by atoms with Crippen LogP contribution < -0.4 is 5.32 Å². The van der Waals surface area contributed by atoms with Gasteiger partial charge in [-0.2, -0.15) is 11.8 Å². The van der Waals surface area contributed by atoms with Crippen molar-refractivity contribution in [1.29, 1.82) is 0 Å². The summed E-state index contributed by atoms with van der Waals surface area (Å²) in [6, 6.07) is 0.329. The smallest absolute Gasteiger partial charge is 0.0927 e. The Hall–Kier alpha value is -0.170. The largest absolute Gasteiger partial charge is 0.374 e. The van der Waals surface area contributed by atoms with Crippen LogP contribution in [0.3, 0.4) is 0 Å². The summed E-state index contributed by atoms with van der Waals surface area (Å²) in [5.74, 6) is 3.02. The van der Waals surface area contributed by atoms with Gasteiger partial charge in [0, 0.05) is 17.7 Å². The summed E-state index contributed by atoms with van der Waals surface area (Å²) in [5.41, 5.74) is 1.24. The van der Waals surface area contributed by atoms with Gasteiger partial charge in [-0.05, 0) is 49.5 Å². The number of nitrogens with zero attached hydrogens (tertiary/aromatic N) is 2. The van der Waals surface area contributed by atoms with Crippen LogP contribution in [0.25, 0.3) is 0 Å². The molecule has 100 valence electrons. The van der Waals surface area contributed by atoms with Gasteiger partial charge in [0.05, 0.1) is 17.3 Å². The van der Waals surface area contributed by atoms with Crippen LogP contribution in [0, 0.1) is 5.92 Å². The van der Waals surface area contributed by atoms with E-state index in [0.717, 1.165) is 30.9 Å². The Morgan fingerprint density at radius 2 is 2.56 bits per heavy atom. The molecule has 0 radical (unpaired) electrons. The Labute approximate surface area is 116 Å². The minimum absolute atomic E-state index is 0.145. The first-order chi connectivity index (χ1) is 8.83. The van der Waals surface area contributed by atoms with Gasteiger partial charge in [-0.25, -0.2) is 0 Å². The van der Waals surface area contributed by atoms with E-state index in [1.807, 2.05) is 18.8 Å². The fraction of sp³-hybridized carbons (Fsp3) is 0.833. The summed E-state index contributed by atoms with van der Waals surface area (Å²) in [5, 5.41) is 9.72. The molecular weight excluding hydrogens is 266 g/mol. The first-order valence-corrected chi connectivity index (χ1v) is 8.48. The lowest BCUT2D eigenvalue weighted by Crippen LogP contribution is -2.43. The van der Waals surface area contributed by atoms with Gasteiger partial charge < -0.3 is 10.1 Å². The molecule has 3 heterocycles. The van der Waals surface area contributed by atoms with Crippen molar-refractivity contribution in [3.63, 3.8) is 0 Å². The maximum atomic E-state index is 6.09. The lowest BCUT2D eigenvalue weighted by atomic mass is 9.80. The second-order valence-electron chi connectivity index (χ2n) is 5.18. The monoisotopic (exact) mass is 285 g/mol. The van der Waals surface area contributed by atoms with E-state index in [-0.39, 0.29) is 5.60 Å². The molecule has 6 heteroatoms. The molecule has 2 saturated heterocycles. The predicted octanol–water partition coefficient (Wildman–Crippen LogP) is 2.10. The van der Waals surface area contributed by atoms with Crippen LogP contribution in [0.2, 0.25) is 0 Å². The molecule has 0 amide bonds. The van der Waals surface area contributed by atoms with Gasteiger partial charge in [-0.1, -0.05) is 4.49 Å². The average Bonchev–Trinajstić information content (AvgIpc) is 3.03. The molecule has 2 aliphatic heterocycles. The normalized spacial score (nSPS) is 33.9. The van der Waals surface area contributed by atoms with Crippen molar-refractivity contribution in [1.82, 2.24) is 14.9 Å². The SMILES string of the molecule is CNC(c1csnn1)C1CCOC2(CCSC2)C1. The molecule has 3 unspecified atom stereocenters. The highest BCUT2D eigenvalue weighted by Gasteiger charge is 2.42. The topological polar surface area (TPSA) is 47.0 Å². The highest BCUT2D eigenvalue weighted by molar-refractivity contribution is 7.99. The fourth-order valence-corrected chi connectivity index (χ4v) is 5.01. The molecule has 2 fully saturated rings. The van der Waals surface area contributed by atoms with Gasteiger partial charge >= 0.3 is 0 Å². The maximum Gasteiger partial charge on any atom is 0.0927 e. The first kappa shape index (κ1) is 12.8. The fourth-order valence-electron chi connectivity index (χ4n) is 3.15. The van der Waals surface area contributed by atoms with Crippen LogP contribution in [-0.4, -0.2) is 40.3 Å². The standard InChI is InChI=1S/C12H19N3OS2/c1-13-11(10-7-18-15-14-10)9-2-4-16-12(6-9)3-5-17-8-12/h7,9,11,13H,2-6,8H2,1H3. The number of aromatic nitrogens is 2. The summed E-state index contributed by atoms with van der Waals surface area (Å²) < 4.78 is 10.1. The van der Waals surface area contributed by atoms with Gasteiger partial charge in [0.15, 0.2) is 0 Å². The zero-order valence-electron chi connectivity index (χ0n) is 10.6.